The number of hydrogen-bond acceptors (Lipinski definition) is 9. The van der Waals surface area contributed by atoms with Gasteiger partial charge in [0.1, 0.15) is 10.5 Å². The second-order valence-corrected chi connectivity index (χ2v) is 7.86. The maximum absolute atomic E-state index is 11.3. The fourth-order valence-corrected chi connectivity index (χ4v) is 3.88. The molecule has 4 aromatic rings. The maximum Gasteiger partial charge on any atom is 0.291 e. The number of rotatable bonds is 8. The van der Waals surface area contributed by atoms with Crippen LogP contribution in [0.5, 0.6) is 28.7 Å². The first-order chi connectivity index (χ1) is 17.3. The molecule has 3 aromatic carbocycles. The van der Waals surface area contributed by atoms with Crippen molar-refractivity contribution >= 4 is 40.0 Å². The maximum atomic E-state index is 11.3. The molecule has 4 rings (SSSR count). The van der Waals surface area contributed by atoms with Crippen LogP contribution < -0.4 is 18.9 Å². The summed E-state index contributed by atoms with van der Waals surface area (Å²) in [6, 6.07) is 10.8. The van der Waals surface area contributed by atoms with Crippen LogP contribution >= 0.6 is 11.6 Å². The number of phenolic OH excluding ortho intramolecular Hbond substituents is 1. The number of hydrogen-bond donors (Lipinski definition) is 1. The van der Waals surface area contributed by atoms with E-state index in [-0.39, 0.29) is 33.7 Å². The summed E-state index contributed by atoms with van der Waals surface area (Å²) in [4.78, 5) is 15.3. The van der Waals surface area contributed by atoms with Gasteiger partial charge in [0.05, 0.1) is 39.4 Å². The number of ether oxygens (including phenoxy) is 4. The molecule has 10 nitrogen and oxygen atoms in total. The van der Waals surface area contributed by atoms with Crippen LogP contribution in [0, 0.1) is 10.1 Å². The van der Waals surface area contributed by atoms with Gasteiger partial charge in [-0.1, -0.05) is 17.7 Å². The second-order valence-electron chi connectivity index (χ2n) is 7.45. The molecule has 0 aliphatic heterocycles. The fraction of sp³-hybridized carbons (Fsp3) is 0.160. The summed E-state index contributed by atoms with van der Waals surface area (Å²) in [5, 5.41) is 21.3. The summed E-state index contributed by atoms with van der Waals surface area (Å²) >= 11 is 6.07. The molecule has 0 radical (unpaired) electrons. The van der Waals surface area contributed by atoms with E-state index in [0.717, 1.165) is 0 Å². The van der Waals surface area contributed by atoms with Crippen LogP contribution in [-0.4, -0.2) is 43.5 Å². The Labute approximate surface area is 210 Å². The third-order valence-electron chi connectivity index (χ3n) is 5.37. The lowest BCUT2D eigenvalue weighted by molar-refractivity contribution is -0.384. The lowest BCUT2D eigenvalue weighted by atomic mass is 10.0. The summed E-state index contributed by atoms with van der Waals surface area (Å²) in [6.45, 7) is 0. The topological polar surface area (TPSA) is 126 Å². The van der Waals surface area contributed by atoms with Crippen molar-refractivity contribution in [3.63, 3.8) is 0 Å². The van der Waals surface area contributed by atoms with Crippen molar-refractivity contribution in [2.75, 3.05) is 28.4 Å². The zero-order valence-corrected chi connectivity index (χ0v) is 20.5. The Morgan fingerprint density at radius 2 is 1.67 bits per heavy atom. The van der Waals surface area contributed by atoms with Gasteiger partial charge in [-0.25, -0.2) is 4.98 Å². The molecule has 1 aromatic heterocycles. The summed E-state index contributed by atoms with van der Waals surface area (Å²) in [6.07, 6.45) is 1.75. The first kappa shape index (κ1) is 24.7. The molecule has 36 heavy (non-hydrogen) atoms. The van der Waals surface area contributed by atoms with Gasteiger partial charge in [-0.15, -0.1) is 0 Å². The standard InChI is InChI=1S/C25H21ClN2O8/c1-32-21-8-13(5-6-19(21)29)7-15(14-9-22(33-2)24(35-4)23(10-14)34-3)25-27-17-11-16(26)18(28(30)31)12-20(17)36-25/h5-12,29H,1-4H3/b15-7+. The quantitative estimate of drug-likeness (QED) is 0.179. The van der Waals surface area contributed by atoms with Crippen molar-refractivity contribution < 1.29 is 33.4 Å². The summed E-state index contributed by atoms with van der Waals surface area (Å²) in [5.74, 6) is 1.60. The van der Waals surface area contributed by atoms with Crippen LogP contribution in [0.15, 0.2) is 46.9 Å². The summed E-state index contributed by atoms with van der Waals surface area (Å²) in [5.41, 5.74) is 1.94. The third kappa shape index (κ3) is 4.58. The van der Waals surface area contributed by atoms with Gasteiger partial charge in [-0.05, 0) is 47.5 Å². The van der Waals surface area contributed by atoms with Crippen molar-refractivity contribution in [3.05, 3.63) is 74.6 Å². The molecule has 0 bridgehead atoms. The lowest BCUT2D eigenvalue weighted by Crippen LogP contribution is -1.98. The molecule has 0 spiro atoms. The summed E-state index contributed by atoms with van der Waals surface area (Å²) < 4.78 is 27.6. The van der Waals surface area contributed by atoms with Crippen molar-refractivity contribution in [3.8, 4) is 28.7 Å². The predicted molar refractivity (Wildman–Crippen MR) is 133 cm³/mol. The molecule has 11 heteroatoms. The van der Waals surface area contributed by atoms with E-state index < -0.39 is 4.92 Å². The van der Waals surface area contributed by atoms with Gasteiger partial charge < -0.3 is 28.5 Å². The van der Waals surface area contributed by atoms with E-state index in [1.165, 1.54) is 46.6 Å². The van der Waals surface area contributed by atoms with Crippen LogP contribution in [0.1, 0.15) is 17.0 Å². The van der Waals surface area contributed by atoms with E-state index in [9.17, 15) is 15.2 Å². The van der Waals surface area contributed by atoms with Crippen LogP contribution in [0.25, 0.3) is 22.7 Å². The van der Waals surface area contributed by atoms with Crippen molar-refractivity contribution in [1.82, 2.24) is 4.98 Å². The number of aromatic nitrogens is 1. The number of nitrogens with zero attached hydrogens (tertiary/aromatic N) is 2. The molecule has 0 unspecified atom stereocenters. The van der Waals surface area contributed by atoms with Gasteiger partial charge in [0.2, 0.25) is 11.6 Å². The van der Waals surface area contributed by atoms with E-state index in [1.54, 1.807) is 30.3 Å². The van der Waals surface area contributed by atoms with E-state index in [4.69, 9.17) is 35.0 Å². The van der Waals surface area contributed by atoms with E-state index in [2.05, 4.69) is 4.98 Å². The number of nitro benzene ring substituents is 1. The van der Waals surface area contributed by atoms with E-state index in [0.29, 0.717) is 39.5 Å². The number of aromatic hydroxyl groups is 1. The molecule has 0 aliphatic rings. The Morgan fingerprint density at radius 3 is 2.25 bits per heavy atom. The minimum absolute atomic E-state index is 0.0206. The van der Waals surface area contributed by atoms with Gasteiger partial charge in [0.15, 0.2) is 28.6 Å². The Morgan fingerprint density at radius 1 is 1.00 bits per heavy atom. The average molecular weight is 513 g/mol. The molecule has 0 aliphatic carbocycles. The average Bonchev–Trinajstić information content (AvgIpc) is 3.28. The number of fused-ring (bicyclic) bond motifs is 1. The number of phenols is 1. The second kappa shape index (κ2) is 10.0. The smallest absolute Gasteiger partial charge is 0.291 e. The van der Waals surface area contributed by atoms with Crippen LogP contribution in [0.3, 0.4) is 0 Å². The van der Waals surface area contributed by atoms with Crippen molar-refractivity contribution in [2.24, 2.45) is 0 Å². The normalized spacial score (nSPS) is 11.4. The lowest BCUT2D eigenvalue weighted by Gasteiger charge is -2.15. The highest BCUT2D eigenvalue weighted by molar-refractivity contribution is 6.33. The molecular formula is C25H21ClN2O8. The Balaban J connectivity index is 1.99. The highest BCUT2D eigenvalue weighted by atomic mass is 35.5. The number of oxazole rings is 1. The Kier molecular flexibility index (Phi) is 6.89. The molecule has 0 saturated carbocycles. The molecule has 186 valence electrons. The highest BCUT2D eigenvalue weighted by Crippen LogP contribution is 2.42. The fourth-order valence-electron chi connectivity index (χ4n) is 3.65. The van der Waals surface area contributed by atoms with Gasteiger partial charge in [0, 0.05) is 5.57 Å². The van der Waals surface area contributed by atoms with Gasteiger partial charge in [-0.3, -0.25) is 10.1 Å². The first-order valence-electron chi connectivity index (χ1n) is 10.4. The van der Waals surface area contributed by atoms with Crippen molar-refractivity contribution in [1.29, 1.82) is 0 Å². The van der Waals surface area contributed by atoms with Gasteiger partial charge in [-0.2, -0.15) is 0 Å². The van der Waals surface area contributed by atoms with Crippen LogP contribution in [0.4, 0.5) is 5.69 Å². The van der Waals surface area contributed by atoms with Gasteiger partial charge >= 0.3 is 0 Å². The van der Waals surface area contributed by atoms with Gasteiger partial charge in [0.25, 0.3) is 5.69 Å². The van der Waals surface area contributed by atoms with E-state index in [1.807, 2.05) is 0 Å². The third-order valence-corrected chi connectivity index (χ3v) is 5.68. The number of methoxy groups -OCH3 is 4. The van der Waals surface area contributed by atoms with Crippen LogP contribution in [0.2, 0.25) is 5.02 Å². The number of benzene rings is 3. The van der Waals surface area contributed by atoms with Crippen molar-refractivity contribution in [2.45, 2.75) is 0 Å². The zero-order chi connectivity index (χ0) is 26.0. The monoisotopic (exact) mass is 512 g/mol. The predicted octanol–water partition coefficient (Wildman–Crippen LogP) is 5.72. The Hall–Kier alpha value is -4.44. The first-order valence-corrected chi connectivity index (χ1v) is 10.8. The molecule has 1 N–H and O–H groups in total. The molecule has 1 heterocycles. The molecule has 0 atom stereocenters. The SMILES string of the molecule is COc1cc(/C=C(\c2cc(OC)c(OC)c(OC)c2)c2nc3cc(Cl)c([N+](=O)[O-])cc3o2)ccc1O. The largest absolute Gasteiger partial charge is 0.504 e. The number of nitro groups is 1. The molecule has 0 fully saturated rings. The molecular weight excluding hydrogens is 492 g/mol. The minimum Gasteiger partial charge on any atom is -0.504 e. The van der Waals surface area contributed by atoms with E-state index >= 15 is 0 Å². The molecule has 0 saturated heterocycles. The Bertz CT molecular complexity index is 1470. The minimum atomic E-state index is -0.595. The number of halogens is 1. The molecule has 0 amide bonds. The summed E-state index contributed by atoms with van der Waals surface area (Å²) in [7, 11) is 5.93. The van der Waals surface area contributed by atoms with Crippen LogP contribution in [-0.2, 0) is 0 Å². The highest BCUT2D eigenvalue weighted by Gasteiger charge is 2.22. The zero-order valence-electron chi connectivity index (χ0n) is 19.7.